The van der Waals surface area contributed by atoms with Crippen LogP contribution in [0, 0.1) is 0 Å². The second kappa shape index (κ2) is 8.24. The quantitative estimate of drug-likeness (QED) is 0.758. The molecule has 2 rings (SSSR count). The van der Waals surface area contributed by atoms with Crippen molar-refractivity contribution in [3.05, 3.63) is 47.9 Å². The first kappa shape index (κ1) is 16.9. The third-order valence-corrected chi connectivity index (χ3v) is 3.33. The van der Waals surface area contributed by atoms with Gasteiger partial charge in [-0.1, -0.05) is 6.07 Å². The van der Waals surface area contributed by atoms with E-state index in [1.807, 2.05) is 25.1 Å². The normalized spacial score (nSPS) is 11.8. The Hall–Kier alpha value is -2.47. The van der Waals surface area contributed by atoms with Gasteiger partial charge in [-0.05, 0) is 36.8 Å². The Morgan fingerprint density at radius 1 is 1.22 bits per heavy atom. The lowest BCUT2D eigenvalue weighted by Crippen LogP contribution is -2.26. The maximum atomic E-state index is 12.0. The molecule has 0 aliphatic heterocycles. The average Bonchev–Trinajstić information content (AvgIpc) is 3.09. The summed E-state index contributed by atoms with van der Waals surface area (Å²) in [5, 5.41) is 2.87. The molecule has 1 aromatic heterocycles. The third-order valence-electron chi connectivity index (χ3n) is 3.33. The van der Waals surface area contributed by atoms with Crippen molar-refractivity contribution in [2.45, 2.75) is 13.0 Å². The Balaban J connectivity index is 2.05. The number of hydrogen-bond acceptors (Lipinski definition) is 5. The second-order valence-corrected chi connectivity index (χ2v) is 4.92. The van der Waals surface area contributed by atoms with Crippen molar-refractivity contribution in [3.63, 3.8) is 0 Å². The first-order valence-electron chi connectivity index (χ1n) is 7.29. The smallest absolute Gasteiger partial charge is 0.287 e. The zero-order valence-corrected chi connectivity index (χ0v) is 13.5. The summed E-state index contributed by atoms with van der Waals surface area (Å²) in [6.45, 7) is 2.83. The van der Waals surface area contributed by atoms with Crippen LogP contribution in [0.25, 0.3) is 0 Å². The standard InChI is InChI=1S/C17H21NO5/c1-12(18-17(19)15-5-4-8-22-15)13-6-7-14(16(11-13)21-3)23-10-9-20-2/h4-8,11-12H,9-10H2,1-3H3,(H,18,19)/t12-/m1/s1. The molecule has 0 fully saturated rings. The molecule has 6 heteroatoms. The summed E-state index contributed by atoms with van der Waals surface area (Å²) in [6, 6.07) is 8.64. The van der Waals surface area contributed by atoms with Crippen LogP contribution in [0.15, 0.2) is 41.0 Å². The van der Waals surface area contributed by atoms with Crippen LogP contribution in [0.1, 0.15) is 29.1 Å². The van der Waals surface area contributed by atoms with Crippen molar-refractivity contribution < 1.29 is 23.4 Å². The van der Waals surface area contributed by atoms with Crippen LogP contribution < -0.4 is 14.8 Å². The topological polar surface area (TPSA) is 69.9 Å². The van der Waals surface area contributed by atoms with Crippen LogP contribution >= 0.6 is 0 Å². The molecule has 1 heterocycles. The number of carbonyl (C=O) groups is 1. The van der Waals surface area contributed by atoms with Crippen LogP contribution in [0.5, 0.6) is 11.5 Å². The van der Waals surface area contributed by atoms with Crippen molar-refractivity contribution in [1.29, 1.82) is 0 Å². The van der Waals surface area contributed by atoms with Gasteiger partial charge in [0.2, 0.25) is 0 Å². The van der Waals surface area contributed by atoms with E-state index in [9.17, 15) is 4.79 Å². The molecule has 1 atom stereocenters. The number of amides is 1. The van der Waals surface area contributed by atoms with Crippen molar-refractivity contribution >= 4 is 5.91 Å². The first-order chi connectivity index (χ1) is 11.2. The summed E-state index contributed by atoms with van der Waals surface area (Å²) >= 11 is 0. The summed E-state index contributed by atoms with van der Waals surface area (Å²) < 4.78 is 21.0. The molecular formula is C17H21NO5. The van der Waals surface area contributed by atoms with E-state index in [1.54, 1.807) is 26.4 Å². The molecule has 23 heavy (non-hydrogen) atoms. The molecule has 1 aromatic carbocycles. The minimum Gasteiger partial charge on any atom is -0.493 e. The highest BCUT2D eigenvalue weighted by molar-refractivity contribution is 5.91. The van der Waals surface area contributed by atoms with Gasteiger partial charge in [0.15, 0.2) is 17.3 Å². The number of hydrogen-bond donors (Lipinski definition) is 1. The number of ether oxygens (including phenoxy) is 3. The lowest BCUT2D eigenvalue weighted by atomic mass is 10.1. The highest BCUT2D eigenvalue weighted by Crippen LogP contribution is 2.30. The molecule has 0 aliphatic carbocycles. The van der Waals surface area contributed by atoms with Gasteiger partial charge in [-0.3, -0.25) is 4.79 Å². The Labute approximate surface area is 135 Å². The van der Waals surface area contributed by atoms with Gasteiger partial charge in [-0.25, -0.2) is 0 Å². The highest BCUT2D eigenvalue weighted by atomic mass is 16.5. The predicted octanol–water partition coefficient (Wildman–Crippen LogP) is 2.80. The molecule has 6 nitrogen and oxygen atoms in total. The van der Waals surface area contributed by atoms with E-state index in [0.717, 1.165) is 5.56 Å². The largest absolute Gasteiger partial charge is 0.493 e. The summed E-state index contributed by atoms with van der Waals surface area (Å²) in [5.41, 5.74) is 0.904. The molecule has 0 saturated carbocycles. The maximum absolute atomic E-state index is 12.0. The van der Waals surface area contributed by atoms with Crippen LogP contribution in [0.2, 0.25) is 0 Å². The number of furan rings is 1. The highest BCUT2D eigenvalue weighted by Gasteiger charge is 2.15. The minimum absolute atomic E-state index is 0.200. The van der Waals surface area contributed by atoms with E-state index in [2.05, 4.69) is 5.32 Å². The number of nitrogens with one attached hydrogen (secondary N) is 1. The van der Waals surface area contributed by atoms with E-state index >= 15 is 0 Å². The van der Waals surface area contributed by atoms with Gasteiger partial charge < -0.3 is 23.9 Å². The Bertz CT molecular complexity index is 624. The predicted molar refractivity (Wildman–Crippen MR) is 85.0 cm³/mol. The SMILES string of the molecule is COCCOc1ccc([C@@H](C)NC(=O)c2ccco2)cc1OC. The second-order valence-electron chi connectivity index (χ2n) is 4.92. The van der Waals surface area contributed by atoms with Gasteiger partial charge in [0.25, 0.3) is 5.91 Å². The molecule has 0 bridgehead atoms. The van der Waals surface area contributed by atoms with Crippen molar-refractivity contribution in [3.8, 4) is 11.5 Å². The lowest BCUT2D eigenvalue weighted by molar-refractivity contribution is 0.0912. The van der Waals surface area contributed by atoms with Gasteiger partial charge in [0.1, 0.15) is 6.61 Å². The summed E-state index contributed by atoms with van der Waals surface area (Å²) in [6.07, 6.45) is 1.47. The Morgan fingerprint density at radius 3 is 2.70 bits per heavy atom. The van der Waals surface area contributed by atoms with E-state index in [1.165, 1.54) is 6.26 Å². The van der Waals surface area contributed by atoms with Gasteiger partial charge in [-0.15, -0.1) is 0 Å². The van der Waals surface area contributed by atoms with Crippen molar-refractivity contribution in [1.82, 2.24) is 5.32 Å². The Morgan fingerprint density at radius 2 is 2.04 bits per heavy atom. The Kier molecular flexibility index (Phi) is 6.05. The molecule has 1 amide bonds. The summed E-state index contributed by atoms with van der Waals surface area (Å²) in [5.74, 6) is 1.26. The minimum atomic E-state index is -0.262. The molecule has 0 aliphatic rings. The molecule has 0 unspecified atom stereocenters. The molecule has 2 aromatic rings. The molecule has 0 spiro atoms. The van der Waals surface area contributed by atoms with Crippen LogP contribution in [0.4, 0.5) is 0 Å². The van der Waals surface area contributed by atoms with E-state index in [-0.39, 0.29) is 17.7 Å². The molecule has 0 saturated heterocycles. The van der Waals surface area contributed by atoms with Gasteiger partial charge in [-0.2, -0.15) is 0 Å². The van der Waals surface area contributed by atoms with E-state index in [0.29, 0.717) is 24.7 Å². The monoisotopic (exact) mass is 319 g/mol. The lowest BCUT2D eigenvalue weighted by Gasteiger charge is -2.16. The zero-order valence-electron chi connectivity index (χ0n) is 13.5. The van der Waals surface area contributed by atoms with Gasteiger partial charge in [0.05, 0.1) is 26.0 Å². The number of methoxy groups -OCH3 is 2. The molecule has 0 radical (unpaired) electrons. The number of rotatable bonds is 8. The summed E-state index contributed by atoms with van der Waals surface area (Å²) in [7, 11) is 3.20. The third kappa shape index (κ3) is 4.50. The molecular weight excluding hydrogens is 298 g/mol. The summed E-state index contributed by atoms with van der Waals surface area (Å²) in [4.78, 5) is 12.0. The van der Waals surface area contributed by atoms with Crippen molar-refractivity contribution in [2.24, 2.45) is 0 Å². The first-order valence-corrected chi connectivity index (χ1v) is 7.29. The van der Waals surface area contributed by atoms with Crippen LogP contribution in [0.3, 0.4) is 0 Å². The average molecular weight is 319 g/mol. The number of benzene rings is 1. The van der Waals surface area contributed by atoms with E-state index < -0.39 is 0 Å². The van der Waals surface area contributed by atoms with Crippen LogP contribution in [-0.4, -0.2) is 33.3 Å². The zero-order chi connectivity index (χ0) is 16.7. The maximum Gasteiger partial charge on any atom is 0.287 e. The van der Waals surface area contributed by atoms with Gasteiger partial charge >= 0.3 is 0 Å². The molecule has 1 N–H and O–H groups in total. The van der Waals surface area contributed by atoms with Crippen LogP contribution in [-0.2, 0) is 4.74 Å². The fourth-order valence-electron chi connectivity index (χ4n) is 2.07. The molecule has 124 valence electrons. The van der Waals surface area contributed by atoms with Gasteiger partial charge in [0, 0.05) is 7.11 Å². The van der Waals surface area contributed by atoms with E-state index in [4.69, 9.17) is 18.6 Å². The number of carbonyl (C=O) groups excluding carboxylic acids is 1. The van der Waals surface area contributed by atoms with Crippen molar-refractivity contribution in [2.75, 3.05) is 27.4 Å². The fourth-order valence-corrected chi connectivity index (χ4v) is 2.07. The fraction of sp³-hybridized carbons (Fsp3) is 0.353.